The van der Waals surface area contributed by atoms with Crippen LogP contribution >= 0.6 is 23.8 Å². The fourth-order valence-corrected chi connectivity index (χ4v) is 5.04. The lowest BCUT2D eigenvalue weighted by Gasteiger charge is -2.26. The number of carbonyl (C=O) groups excluding carboxylic acids is 1. The van der Waals surface area contributed by atoms with Crippen LogP contribution in [0, 0.1) is 13.8 Å². The number of hydrogen-bond acceptors (Lipinski definition) is 4. The van der Waals surface area contributed by atoms with Crippen LogP contribution < -0.4 is 15.5 Å². The van der Waals surface area contributed by atoms with Gasteiger partial charge in [-0.3, -0.25) is 9.78 Å². The molecule has 2 atom stereocenters. The van der Waals surface area contributed by atoms with E-state index < -0.39 is 0 Å². The summed E-state index contributed by atoms with van der Waals surface area (Å²) in [6, 6.07) is 21.1. The molecule has 1 fully saturated rings. The minimum atomic E-state index is -0.285. The van der Waals surface area contributed by atoms with Crippen LogP contribution in [0.5, 0.6) is 0 Å². The topological polar surface area (TPSA) is 70.4 Å². The van der Waals surface area contributed by atoms with Crippen molar-refractivity contribution in [3.63, 3.8) is 0 Å². The highest BCUT2D eigenvalue weighted by Gasteiger charge is 2.42. The van der Waals surface area contributed by atoms with Crippen LogP contribution in [0.15, 0.2) is 77.3 Å². The Kier molecular flexibility index (Phi) is 7.00. The summed E-state index contributed by atoms with van der Waals surface area (Å²) in [5, 5.41) is 7.67. The first-order valence-corrected chi connectivity index (χ1v) is 12.9. The summed E-state index contributed by atoms with van der Waals surface area (Å²) < 4.78 is 6.44. The Morgan fingerprint density at radius 2 is 1.95 bits per heavy atom. The van der Waals surface area contributed by atoms with Crippen LogP contribution in [0.25, 0.3) is 11.3 Å². The Balaban J connectivity index is 1.56. The van der Waals surface area contributed by atoms with Crippen LogP contribution in [-0.4, -0.2) is 16.0 Å². The molecule has 1 amide bonds. The number of nitrogens with zero attached hydrogens (tertiary/aromatic N) is 2. The summed E-state index contributed by atoms with van der Waals surface area (Å²) in [5.41, 5.74) is 5.39. The minimum absolute atomic E-state index is 0.0263. The van der Waals surface area contributed by atoms with E-state index in [0.29, 0.717) is 16.6 Å². The molecule has 0 saturated carbocycles. The van der Waals surface area contributed by atoms with Crippen LogP contribution in [0.2, 0.25) is 5.02 Å². The number of aromatic nitrogens is 1. The van der Waals surface area contributed by atoms with Gasteiger partial charge in [0.2, 0.25) is 5.91 Å². The van der Waals surface area contributed by atoms with E-state index in [2.05, 4.69) is 20.5 Å². The zero-order chi connectivity index (χ0) is 26.1. The molecule has 2 aromatic heterocycles. The van der Waals surface area contributed by atoms with Gasteiger partial charge in [0.25, 0.3) is 0 Å². The van der Waals surface area contributed by atoms with E-state index in [4.69, 9.17) is 28.2 Å². The second kappa shape index (κ2) is 10.4. The molecular formula is C29H27ClN4O2S. The van der Waals surface area contributed by atoms with Gasteiger partial charge in [-0.25, -0.2) is 0 Å². The summed E-state index contributed by atoms with van der Waals surface area (Å²) in [5.74, 6) is 1.44. The summed E-state index contributed by atoms with van der Waals surface area (Å²) in [6.07, 6.45) is 2.19. The van der Waals surface area contributed by atoms with Crippen LogP contribution in [0.1, 0.15) is 48.0 Å². The molecule has 188 valence electrons. The molecule has 1 aliphatic rings. The quantitative estimate of drug-likeness (QED) is 0.258. The van der Waals surface area contributed by atoms with E-state index in [1.807, 2.05) is 87.5 Å². The van der Waals surface area contributed by atoms with E-state index >= 15 is 0 Å². The molecule has 0 radical (unpaired) electrons. The monoisotopic (exact) mass is 530 g/mol. The highest BCUT2D eigenvalue weighted by Crippen LogP contribution is 2.43. The lowest BCUT2D eigenvalue weighted by Crippen LogP contribution is -2.29. The molecule has 0 unspecified atom stereocenters. The van der Waals surface area contributed by atoms with Crippen LogP contribution in [0.4, 0.5) is 11.4 Å². The predicted octanol–water partition coefficient (Wildman–Crippen LogP) is 7.14. The van der Waals surface area contributed by atoms with Crippen molar-refractivity contribution in [1.29, 1.82) is 0 Å². The third-order valence-electron chi connectivity index (χ3n) is 6.56. The summed E-state index contributed by atoms with van der Waals surface area (Å²) in [4.78, 5) is 18.6. The number of hydrogen-bond donors (Lipinski definition) is 2. The second-order valence-electron chi connectivity index (χ2n) is 9.06. The van der Waals surface area contributed by atoms with Gasteiger partial charge in [0, 0.05) is 34.6 Å². The number of anilines is 2. The van der Waals surface area contributed by atoms with Gasteiger partial charge in [-0.1, -0.05) is 36.7 Å². The SMILES string of the molecule is CCC(=O)Nc1ccc(N2C(=S)N[C@@H](c3ccccn3)[C@H]2c2ccc(-c3ccc(C)c(Cl)c3)o2)cc1C. The first kappa shape index (κ1) is 25.0. The fourth-order valence-electron chi connectivity index (χ4n) is 4.51. The van der Waals surface area contributed by atoms with Crippen LogP contribution in [0.3, 0.4) is 0 Å². The van der Waals surface area contributed by atoms with Crippen molar-refractivity contribution in [2.45, 2.75) is 39.3 Å². The summed E-state index contributed by atoms with van der Waals surface area (Å²) >= 11 is 12.2. The Labute approximate surface area is 226 Å². The number of benzene rings is 2. The van der Waals surface area contributed by atoms with Gasteiger partial charge in [0.1, 0.15) is 17.6 Å². The van der Waals surface area contributed by atoms with Gasteiger partial charge < -0.3 is 20.0 Å². The Hall–Kier alpha value is -3.68. The minimum Gasteiger partial charge on any atom is -0.459 e. The summed E-state index contributed by atoms with van der Waals surface area (Å²) in [6.45, 7) is 5.78. The highest BCUT2D eigenvalue weighted by atomic mass is 35.5. The van der Waals surface area contributed by atoms with E-state index in [1.165, 1.54) is 0 Å². The molecule has 0 bridgehead atoms. The van der Waals surface area contributed by atoms with Crippen molar-refractivity contribution in [2.24, 2.45) is 0 Å². The average Bonchev–Trinajstić information content (AvgIpc) is 3.52. The fraction of sp³-hybridized carbons (Fsp3) is 0.207. The van der Waals surface area contributed by atoms with E-state index in [9.17, 15) is 4.79 Å². The average molecular weight is 531 g/mol. The number of pyridine rings is 1. The zero-order valence-electron chi connectivity index (χ0n) is 20.8. The van der Waals surface area contributed by atoms with Gasteiger partial charge in [-0.05, 0) is 85.7 Å². The molecule has 0 aliphatic carbocycles. The molecule has 3 heterocycles. The number of amides is 1. The van der Waals surface area contributed by atoms with Gasteiger partial charge in [0.15, 0.2) is 5.11 Å². The molecule has 4 aromatic rings. The third-order valence-corrected chi connectivity index (χ3v) is 7.28. The summed E-state index contributed by atoms with van der Waals surface area (Å²) in [7, 11) is 0. The number of nitrogens with one attached hydrogen (secondary N) is 2. The number of aryl methyl sites for hydroxylation is 2. The lowest BCUT2D eigenvalue weighted by molar-refractivity contribution is -0.115. The Bertz CT molecular complexity index is 1470. The second-order valence-corrected chi connectivity index (χ2v) is 9.86. The molecule has 1 saturated heterocycles. The lowest BCUT2D eigenvalue weighted by atomic mass is 10.0. The number of halogens is 1. The zero-order valence-corrected chi connectivity index (χ0v) is 22.4. The molecule has 6 nitrogen and oxygen atoms in total. The van der Waals surface area contributed by atoms with Crippen molar-refractivity contribution in [2.75, 3.05) is 10.2 Å². The van der Waals surface area contributed by atoms with E-state index in [0.717, 1.165) is 45.3 Å². The maximum Gasteiger partial charge on any atom is 0.224 e. The molecule has 2 aromatic carbocycles. The number of carbonyl (C=O) groups is 1. The molecular weight excluding hydrogens is 504 g/mol. The Morgan fingerprint density at radius 3 is 2.65 bits per heavy atom. The number of thiocarbonyl (C=S) groups is 1. The smallest absolute Gasteiger partial charge is 0.224 e. The maximum absolute atomic E-state index is 11.9. The third kappa shape index (κ3) is 4.97. The van der Waals surface area contributed by atoms with E-state index in [-0.39, 0.29) is 18.0 Å². The van der Waals surface area contributed by atoms with Crippen molar-refractivity contribution in [3.8, 4) is 11.3 Å². The van der Waals surface area contributed by atoms with Gasteiger partial charge in [-0.15, -0.1) is 0 Å². The molecule has 5 rings (SSSR count). The van der Waals surface area contributed by atoms with Crippen molar-refractivity contribution >= 4 is 46.2 Å². The predicted molar refractivity (Wildman–Crippen MR) is 152 cm³/mol. The van der Waals surface area contributed by atoms with Gasteiger partial charge in [0.05, 0.1) is 11.7 Å². The normalized spacial score (nSPS) is 17.1. The highest BCUT2D eigenvalue weighted by molar-refractivity contribution is 7.80. The first-order chi connectivity index (χ1) is 17.9. The van der Waals surface area contributed by atoms with E-state index in [1.54, 1.807) is 6.20 Å². The molecule has 1 aliphatic heterocycles. The Morgan fingerprint density at radius 1 is 1.11 bits per heavy atom. The van der Waals surface area contributed by atoms with Gasteiger partial charge >= 0.3 is 0 Å². The largest absolute Gasteiger partial charge is 0.459 e. The molecule has 2 N–H and O–H groups in total. The van der Waals surface area contributed by atoms with Crippen molar-refractivity contribution < 1.29 is 9.21 Å². The first-order valence-electron chi connectivity index (χ1n) is 12.1. The molecule has 37 heavy (non-hydrogen) atoms. The molecule has 8 heteroatoms. The number of furan rings is 1. The standard InChI is InChI=1S/C29H27ClN4O2S/c1-4-26(35)32-22-11-10-20(15-18(22)3)34-28(27(33-29(34)37)23-7-5-6-14-31-23)25-13-12-24(36-25)19-9-8-17(2)21(30)16-19/h5-16,27-28H,4H2,1-3H3,(H,32,35)(H,33,37)/t27-,28+/m0/s1. The maximum atomic E-state index is 11.9. The number of rotatable bonds is 6. The van der Waals surface area contributed by atoms with Crippen molar-refractivity contribution in [3.05, 3.63) is 101 Å². The van der Waals surface area contributed by atoms with Crippen molar-refractivity contribution in [1.82, 2.24) is 10.3 Å². The molecule has 0 spiro atoms. The van der Waals surface area contributed by atoms with Gasteiger partial charge in [-0.2, -0.15) is 0 Å². The van der Waals surface area contributed by atoms with Crippen LogP contribution in [-0.2, 0) is 4.79 Å².